The Morgan fingerprint density at radius 2 is 2.18 bits per heavy atom. The van der Waals surface area contributed by atoms with Gasteiger partial charge in [0, 0.05) is 23.8 Å². The minimum absolute atomic E-state index is 0.0575. The van der Waals surface area contributed by atoms with Crippen molar-refractivity contribution < 1.29 is 14.3 Å². The summed E-state index contributed by atoms with van der Waals surface area (Å²) in [5.41, 5.74) is 1.32. The topological polar surface area (TPSA) is 47.6 Å². The van der Waals surface area contributed by atoms with Crippen molar-refractivity contribution in [2.24, 2.45) is 0 Å². The molecule has 1 aliphatic carbocycles. The Morgan fingerprint density at radius 3 is 2.86 bits per heavy atom. The molecule has 1 atom stereocenters. The van der Waals surface area contributed by atoms with Crippen LogP contribution in [-0.2, 0) is 22.3 Å². The second-order valence-corrected chi connectivity index (χ2v) is 7.32. The molecule has 1 N–H and O–H groups in total. The van der Waals surface area contributed by atoms with E-state index in [2.05, 4.69) is 25.2 Å². The summed E-state index contributed by atoms with van der Waals surface area (Å²) in [6.07, 6.45) is 5.76. The number of rotatable bonds is 5. The molecule has 0 aromatic carbocycles. The molecule has 2 fully saturated rings. The van der Waals surface area contributed by atoms with Crippen molar-refractivity contribution in [3.63, 3.8) is 0 Å². The van der Waals surface area contributed by atoms with Gasteiger partial charge in [0.1, 0.15) is 0 Å². The average molecular weight is 323 g/mol. The Kier molecular flexibility index (Phi) is 4.85. The van der Waals surface area contributed by atoms with Gasteiger partial charge in [-0.05, 0) is 30.9 Å². The van der Waals surface area contributed by atoms with Crippen molar-refractivity contribution in [1.82, 2.24) is 5.32 Å². The highest BCUT2D eigenvalue weighted by Gasteiger charge is 2.44. The summed E-state index contributed by atoms with van der Waals surface area (Å²) in [5, 5.41) is 3.16. The van der Waals surface area contributed by atoms with Gasteiger partial charge in [-0.1, -0.05) is 20.3 Å². The van der Waals surface area contributed by atoms with Gasteiger partial charge in [-0.3, -0.25) is 4.79 Å². The van der Waals surface area contributed by atoms with E-state index >= 15 is 0 Å². The van der Waals surface area contributed by atoms with Crippen LogP contribution in [0, 0.1) is 0 Å². The van der Waals surface area contributed by atoms with E-state index in [0.717, 1.165) is 43.4 Å². The molecule has 1 amide bonds. The molecule has 1 saturated carbocycles. The lowest BCUT2D eigenvalue weighted by Gasteiger charge is -2.21. The van der Waals surface area contributed by atoms with Crippen molar-refractivity contribution in [2.75, 3.05) is 13.2 Å². The van der Waals surface area contributed by atoms with E-state index in [1.807, 2.05) is 0 Å². The quantitative estimate of drug-likeness (QED) is 0.904. The number of nitrogens with one attached hydrogen (secondary N) is 1. The van der Waals surface area contributed by atoms with Gasteiger partial charge in [-0.2, -0.15) is 0 Å². The van der Waals surface area contributed by atoms with E-state index < -0.39 is 5.79 Å². The highest BCUT2D eigenvalue weighted by Crippen LogP contribution is 2.37. The van der Waals surface area contributed by atoms with E-state index in [1.165, 1.54) is 10.4 Å². The summed E-state index contributed by atoms with van der Waals surface area (Å²) in [6, 6.07) is 2.23. The zero-order valence-corrected chi connectivity index (χ0v) is 14.3. The van der Waals surface area contributed by atoms with Gasteiger partial charge >= 0.3 is 0 Å². The Hall–Kier alpha value is -0.910. The summed E-state index contributed by atoms with van der Waals surface area (Å²) in [5.74, 6) is -0.364. The summed E-state index contributed by atoms with van der Waals surface area (Å²) in [6.45, 7) is 5.68. The third kappa shape index (κ3) is 3.21. The van der Waals surface area contributed by atoms with Crippen molar-refractivity contribution in [3.8, 4) is 0 Å². The van der Waals surface area contributed by atoms with Crippen LogP contribution in [0.2, 0.25) is 0 Å². The first-order valence-corrected chi connectivity index (χ1v) is 9.18. The summed E-state index contributed by atoms with van der Waals surface area (Å²) >= 11 is 1.65. The average Bonchev–Trinajstić information content (AvgIpc) is 3.21. The molecule has 122 valence electrons. The highest BCUT2D eigenvalue weighted by atomic mass is 32.1. The maximum absolute atomic E-state index is 12.5. The number of thiophene rings is 1. The number of hydrogen-bond acceptors (Lipinski definition) is 4. The number of ether oxygens (including phenoxy) is 2. The van der Waals surface area contributed by atoms with E-state index in [9.17, 15) is 4.79 Å². The van der Waals surface area contributed by atoms with Gasteiger partial charge in [-0.25, -0.2) is 0 Å². The molecule has 1 aromatic rings. The smallest absolute Gasteiger partial charge is 0.261 e. The van der Waals surface area contributed by atoms with E-state index in [-0.39, 0.29) is 11.9 Å². The molecule has 1 aliphatic heterocycles. The van der Waals surface area contributed by atoms with Crippen LogP contribution in [0.5, 0.6) is 0 Å². The van der Waals surface area contributed by atoms with Crippen LogP contribution in [0.1, 0.15) is 59.6 Å². The van der Waals surface area contributed by atoms with Crippen LogP contribution in [0.3, 0.4) is 0 Å². The molecule has 1 spiro atoms. The lowest BCUT2D eigenvalue weighted by atomic mass is 10.1. The Bertz CT molecular complexity index is 534. The molecule has 22 heavy (non-hydrogen) atoms. The second-order valence-electron chi connectivity index (χ2n) is 6.18. The van der Waals surface area contributed by atoms with Crippen LogP contribution in [-0.4, -0.2) is 30.9 Å². The lowest BCUT2D eigenvalue weighted by Crippen LogP contribution is -2.35. The minimum Gasteiger partial charge on any atom is -0.348 e. The van der Waals surface area contributed by atoms with Crippen molar-refractivity contribution in [2.45, 2.75) is 64.2 Å². The molecule has 2 heterocycles. The molecule has 2 aliphatic rings. The van der Waals surface area contributed by atoms with Gasteiger partial charge in [0.05, 0.1) is 18.1 Å². The van der Waals surface area contributed by atoms with Crippen molar-refractivity contribution >= 4 is 17.2 Å². The Labute approximate surface area is 136 Å². The fourth-order valence-corrected chi connectivity index (χ4v) is 4.69. The van der Waals surface area contributed by atoms with Gasteiger partial charge in [0.15, 0.2) is 5.79 Å². The first kappa shape index (κ1) is 16.0. The van der Waals surface area contributed by atoms with Crippen LogP contribution in [0.15, 0.2) is 6.07 Å². The zero-order valence-electron chi connectivity index (χ0n) is 13.4. The monoisotopic (exact) mass is 323 g/mol. The third-order valence-corrected chi connectivity index (χ3v) is 5.79. The van der Waals surface area contributed by atoms with Gasteiger partial charge in [0.25, 0.3) is 5.91 Å². The zero-order chi connectivity index (χ0) is 15.6. The molecular formula is C17H25NO3S. The largest absolute Gasteiger partial charge is 0.348 e. The molecule has 1 aromatic heterocycles. The number of carbonyl (C=O) groups is 1. The van der Waals surface area contributed by atoms with Crippen molar-refractivity contribution in [1.29, 1.82) is 0 Å². The molecule has 0 radical (unpaired) electrons. The number of hydrogen-bond donors (Lipinski definition) is 1. The predicted octanol–water partition coefficient (Wildman–Crippen LogP) is 3.29. The van der Waals surface area contributed by atoms with Crippen LogP contribution in [0.25, 0.3) is 0 Å². The number of aryl methyl sites for hydroxylation is 2. The summed E-state index contributed by atoms with van der Waals surface area (Å²) < 4.78 is 11.4. The highest BCUT2D eigenvalue weighted by molar-refractivity contribution is 7.14. The SMILES string of the molecule is CCCc1sc(C(=O)NC2CCC3(C2)OCCO3)cc1CC. The van der Waals surface area contributed by atoms with E-state index in [0.29, 0.717) is 13.2 Å². The van der Waals surface area contributed by atoms with E-state index in [4.69, 9.17) is 9.47 Å². The van der Waals surface area contributed by atoms with Gasteiger partial charge in [0.2, 0.25) is 0 Å². The molecule has 4 nitrogen and oxygen atoms in total. The van der Waals surface area contributed by atoms with Gasteiger partial charge in [-0.15, -0.1) is 11.3 Å². The second kappa shape index (κ2) is 6.69. The summed E-state index contributed by atoms with van der Waals surface area (Å²) in [7, 11) is 0. The minimum atomic E-state index is -0.421. The first-order valence-electron chi connectivity index (χ1n) is 8.36. The number of carbonyl (C=O) groups excluding carboxylic acids is 1. The standard InChI is InChI=1S/C17H25NO3S/c1-3-5-14-12(4-2)10-15(22-14)16(19)18-13-6-7-17(11-13)20-8-9-21-17/h10,13H,3-9,11H2,1-2H3,(H,18,19). The molecule has 5 heteroatoms. The van der Waals surface area contributed by atoms with Crippen LogP contribution in [0.4, 0.5) is 0 Å². The van der Waals surface area contributed by atoms with Crippen molar-refractivity contribution in [3.05, 3.63) is 21.4 Å². The van der Waals surface area contributed by atoms with Crippen LogP contribution < -0.4 is 5.32 Å². The molecule has 1 unspecified atom stereocenters. The Balaban J connectivity index is 1.62. The number of amides is 1. The molecular weight excluding hydrogens is 298 g/mol. The van der Waals surface area contributed by atoms with Crippen LogP contribution >= 0.6 is 11.3 Å². The molecule has 0 bridgehead atoms. The maximum Gasteiger partial charge on any atom is 0.261 e. The maximum atomic E-state index is 12.5. The molecule has 3 rings (SSSR count). The fraction of sp³-hybridized carbons (Fsp3) is 0.706. The molecule has 1 saturated heterocycles. The van der Waals surface area contributed by atoms with E-state index in [1.54, 1.807) is 11.3 Å². The fourth-order valence-electron chi connectivity index (χ4n) is 3.43. The predicted molar refractivity (Wildman–Crippen MR) is 87.4 cm³/mol. The first-order chi connectivity index (χ1) is 10.7. The lowest BCUT2D eigenvalue weighted by molar-refractivity contribution is -0.151. The van der Waals surface area contributed by atoms with Gasteiger partial charge < -0.3 is 14.8 Å². The third-order valence-electron chi connectivity index (χ3n) is 4.56. The Morgan fingerprint density at radius 1 is 1.41 bits per heavy atom. The summed E-state index contributed by atoms with van der Waals surface area (Å²) in [4.78, 5) is 14.7. The normalized spacial score (nSPS) is 23.3.